The summed E-state index contributed by atoms with van der Waals surface area (Å²) in [5, 5.41) is 0. The number of nitrogens with one attached hydrogen (secondary N) is 1. The summed E-state index contributed by atoms with van der Waals surface area (Å²) in [4.78, 5) is 14.8. The zero-order valence-electron chi connectivity index (χ0n) is 15.9. The van der Waals surface area contributed by atoms with Gasteiger partial charge < -0.3 is 14.4 Å². The van der Waals surface area contributed by atoms with Crippen LogP contribution in [0.25, 0.3) is 0 Å². The standard InChI is InChI=1S/C22H18N2O5S/c25-22(24-11-10-15-4-1-2-7-19(15)24)16-5-3-6-18(12-16)30(26,27)23-17-8-9-20-21(13-17)29-14-28-20/h1-9,12-13,23H,10-11,14H2. The van der Waals surface area contributed by atoms with Crippen molar-refractivity contribution < 1.29 is 22.7 Å². The van der Waals surface area contributed by atoms with E-state index in [2.05, 4.69) is 4.72 Å². The number of hydrogen-bond acceptors (Lipinski definition) is 5. The number of fused-ring (bicyclic) bond motifs is 2. The molecule has 0 bridgehead atoms. The van der Waals surface area contributed by atoms with E-state index in [0.29, 0.717) is 29.3 Å². The van der Waals surface area contributed by atoms with Crippen LogP contribution in [0.3, 0.4) is 0 Å². The van der Waals surface area contributed by atoms with E-state index in [1.807, 2.05) is 24.3 Å². The first-order valence-corrected chi connectivity index (χ1v) is 10.9. The second-order valence-corrected chi connectivity index (χ2v) is 8.72. The minimum absolute atomic E-state index is 0.0125. The first-order valence-electron chi connectivity index (χ1n) is 9.44. The van der Waals surface area contributed by atoms with Gasteiger partial charge in [0.15, 0.2) is 11.5 Å². The molecular formula is C22H18N2O5S. The second-order valence-electron chi connectivity index (χ2n) is 7.04. The maximum Gasteiger partial charge on any atom is 0.261 e. The van der Waals surface area contributed by atoms with Crippen LogP contribution in [0.2, 0.25) is 0 Å². The smallest absolute Gasteiger partial charge is 0.261 e. The molecule has 0 fully saturated rings. The van der Waals surface area contributed by atoms with Gasteiger partial charge in [-0.15, -0.1) is 0 Å². The summed E-state index contributed by atoms with van der Waals surface area (Å²) in [6.45, 7) is 0.680. The van der Waals surface area contributed by atoms with Gasteiger partial charge in [0.2, 0.25) is 6.79 Å². The maximum absolute atomic E-state index is 13.1. The van der Waals surface area contributed by atoms with Crippen LogP contribution in [0.5, 0.6) is 11.5 Å². The number of nitrogens with zero attached hydrogens (tertiary/aromatic N) is 1. The minimum atomic E-state index is -3.89. The van der Waals surface area contributed by atoms with Crippen molar-refractivity contribution in [3.05, 3.63) is 77.9 Å². The van der Waals surface area contributed by atoms with Crippen molar-refractivity contribution in [2.24, 2.45) is 0 Å². The molecule has 0 saturated carbocycles. The molecule has 5 rings (SSSR count). The van der Waals surface area contributed by atoms with Gasteiger partial charge in [0.25, 0.3) is 15.9 Å². The van der Waals surface area contributed by atoms with Crippen molar-refractivity contribution in [1.29, 1.82) is 0 Å². The van der Waals surface area contributed by atoms with E-state index < -0.39 is 10.0 Å². The van der Waals surface area contributed by atoms with Gasteiger partial charge in [-0.1, -0.05) is 24.3 Å². The lowest BCUT2D eigenvalue weighted by molar-refractivity contribution is 0.0989. The van der Waals surface area contributed by atoms with E-state index >= 15 is 0 Å². The van der Waals surface area contributed by atoms with Crippen LogP contribution < -0.4 is 19.1 Å². The van der Waals surface area contributed by atoms with E-state index in [0.717, 1.165) is 17.7 Å². The molecule has 152 valence electrons. The zero-order chi connectivity index (χ0) is 20.7. The Bertz CT molecular complexity index is 1260. The van der Waals surface area contributed by atoms with Crippen LogP contribution in [0.4, 0.5) is 11.4 Å². The molecule has 8 heteroatoms. The molecule has 3 aromatic rings. The number of amides is 1. The van der Waals surface area contributed by atoms with Gasteiger partial charge in [-0.2, -0.15) is 0 Å². The molecule has 3 aromatic carbocycles. The van der Waals surface area contributed by atoms with Crippen molar-refractivity contribution in [2.45, 2.75) is 11.3 Å². The Balaban J connectivity index is 1.41. The predicted octanol–water partition coefficient (Wildman–Crippen LogP) is 3.42. The third-order valence-corrected chi connectivity index (χ3v) is 6.53. The molecule has 0 radical (unpaired) electrons. The maximum atomic E-state index is 13.1. The van der Waals surface area contributed by atoms with Crippen LogP contribution in [0, 0.1) is 0 Å². The summed E-state index contributed by atoms with van der Waals surface area (Å²) in [5.74, 6) is 0.823. The number of carbonyl (C=O) groups is 1. The fraction of sp³-hybridized carbons (Fsp3) is 0.136. The lowest BCUT2D eigenvalue weighted by Crippen LogP contribution is -2.29. The fourth-order valence-electron chi connectivity index (χ4n) is 3.68. The third-order valence-electron chi connectivity index (χ3n) is 5.15. The monoisotopic (exact) mass is 422 g/mol. The molecule has 7 nitrogen and oxygen atoms in total. The molecule has 1 N–H and O–H groups in total. The van der Waals surface area contributed by atoms with Gasteiger partial charge in [-0.3, -0.25) is 9.52 Å². The number of benzene rings is 3. The highest BCUT2D eigenvalue weighted by Crippen LogP contribution is 2.35. The van der Waals surface area contributed by atoms with E-state index in [-0.39, 0.29) is 17.6 Å². The molecule has 30 heavy (non-hydrogen) atoms. The van der Waals surface area contributed by atoms with Crippen LogP contribution in [0.1, 0.15) is 15.9 Å². The molecule has 0 aliphatic carbocycles. The number of rotatable bonds is 4. The molecule has 0 atom stereocenters. The van der Waals surface area contributed by atoms with Crippen molar-refractivity contribution in [1.82, 2.24) is 0 Å². The SMILES string of the molecule is O=C(c1cccc(S(=O)(=O)Nc2ccc3c(c2)OCO3)c1)N1CCc2ccccc21. The molecule has 0 aromatic heterocycles. The quantitative estimate of drug-likeness (QED) is 0.696. The Morgan fingerprint density at radius 1 is 0.933 bits per heavy atom. The van der Waals surface area contributed by atoms with Crippen molar-refractivity contribution in [2.75, 3.05) is 23.0 Å². The number of ether oxygens (including phenoxy) is 2. The van der Waals surface area contributed by atoms with Crippen molar-refractivity contribution in [3.8, 4) is 11.5 Å². The highest BCUT2D eigenvalue weighted by molar-refractivity contribution is 7.92. The van der Waals surface area contributed by atoms with Gasteiger partial charge in [0.05, 0.1) is 10.6 Å². The normalized spacial score (nSPS) is 14.5. The lowest BCUT2D eigenvalue weighted by atomic mass is 10.1. The van der Waals surface area contributed by atoms with Gasteiger partial charge in [0.1, 0.15) is 0 Å². The molecule has 0 unspecified atom stereocenters. The molecule has 2 aliphatic heterocycles. The summed E-state index contributed by atoms with van der Waals surface area (Å²) in [6, 6.07) is 18.6. The van der Waals surface area contributed by atoms with Gasteiger partial charge >= 0.3 is 0 Å². The average molecular weight is 422 g/mol. The first-order chi connectivity index (χ1) is 14.5. The Labute approximate surface area is 173 Å². The van der Waals surface area contributed by atoms with E-state index in [1.165, 1.54) is 12.1 Å². The third kappa shape index (κ3) is 3.25. The Morgan fingerprint density at radius 2 is 1.77 bits per heavy atom. The molecular weight excluding hydrogens is 404 g/mol. The molecule has 1 amide bonds. The highest BCUT2D eigenvalue weighted by Gasteiger charge is 2.26. The molecule has 0 saturated heterocycles. The Morgan fingerprint density at radius 3 is 2.67 bits per heavy atom. The number of sulfonamides is 1. The van der Waals surface area contributed by atoms with E-state index in [9.17, 15) is 13.2 Å². The summed E-state index contributed by atoms with van der Waals surface area (Å²) in [7, 11) is -3.89. The van der Waals surface area contributed by atoms with Gasteiger partial charge in [0, 0.05) is 23.9 Å². The zero-order valence-corrected chi connectivity index (χ0v) is 16.7. The number of carbonyl (C=O) groups excluding carboxylic acids is 1. The summed E-state index contributed by atoms with van der Waals surface area (Å²) < 4.78 is 38.8. The van der Waals surface area contributed by atoms with Crippen molar-refractivity contribution in [3.63, 3.8) is 0 Å². The number of hydrogen-bond donors (Lipinski definition) is 1. The van der Waals surface area contributed by atoms with Gasteiger partial charge in [-0.25, -0.2) is 8.42 Å². The van der Waals surface area contributed by atoms with Crippen LogP contribution in [-0.4, -0.2) is 27.7 Å². The topological polar surface area (TPSA) is 84.9 Å². The molecule has 0 spiro atoms. The van der Waals surface area contributed by atoms with Gasteiger partial charge in [-0.05, 0) is 48.4 Å². The fourth-order valence-corrected chi connectivity index (χ4v) is 4.77. The predicted molar refractivity (Wildman–Crippen MR) is 112 cm³/mol. The van der Waals surface area contributed by atoms with E-state index in [4.69, 9.17) is 9.47 Å². The number of para-hydroxylation sites is 1. The van der Waals surface area contributed by atoms with Crippen LogP contribution in [-0.2, 0) is 16.4 Å². The molecule has 2 aliphatic rings. The minimum Gasteiger partial charge on any atom is -0.454 e. The van der Waals surface area contributed by atoms with Crippen LogP contribution >= 0.6 is 0 Å². The summed E-state index contributed by atoms with van der Waals surface area (Å²) in [5.41, 5.74) is 2.65. The second kappa shape index (κ2) is 7.07. The van der Waals surface area contributed by atoms with E-state index in [1.54, 1.807) is 35.2 Å². The van der Waals surface area contributed by atoms with Crippen LogP contribution in [0.15, 0.2) is 71.6 Å². The highest BCUT2D eigenvalue weighted by atomic mass is 32.2. The average Bonchev–Trinajstić information content (AvgIpc) is 3.39. The Hall–Kier alpha value is -3.52. The number of anilines is 2. The summed E-state index contributed by atoms with van der Waals surface area (Å²) in [6.07, 6.45) is 0.783. The Kier molecular flexibility index (Phi) is 4.36. The largest absolute Gasteiger partial charge is 0.454 e. The van der Waals surface area contributed by atoms with Crippen molar-refractivity contribution >= 4 is 27.3 Å². The lowest BCUT2D eigenvalue weighted by Gasteiger charge is -2.18. The molecule has 2 heterocycles. The first kappa shape index (κ1) is 18.5. The summed E-state index contributed by atoms with van der Waals surface area (Å²) >= 11 is 0.